The number of phenols is 1. The van der Waals surface area contributed by atoms with E-state index in [1.807, 2.05) is 30.3 Å². The maximum Gasteiger partial charge on any atom is 0.193 e. The molecule has 0 atom stereocenters. The van der Waals surface area contributed by atoms with Crippen LogP contribution in [0.1, 0.15) is 24.0 Å². The molecule has 0 unspecified atom stereocenters. The smallest absolute Gasteiger partial charge is 0.193 e. The Balaban J connectivity index is 1.20. The molecular formula is C32H28O5. The van der Waals surface area contributed by atoms with Crippen molar-refractivity contribution in [2.45, 2.75) is 25.9 Å². The minimum Gasteiger partial charge on any atom is -0.507 e. The highest BCUT2D eigenvalue weighted by Gasteiger charge is 2.13. The minimum atomic E-state index is -0.199. The summed E-state index contributed by atoms with van der Waals surface area (Å²) < 4.78 is 18.0. The first kappa shape index (κ1) is 24.2. The third-order valence-electron chi connectivity index (χ3n) is 6.18. The molecule has 5 heteroatoms. The molecular weight excluding hydrogens is 464 g/mol. The highest BCUT2D eigenvalue weighted by Crippen LogP contribution is 2.32. The molecule has 5 rings (SSSR count). The fourth-order valence-corrected chi connectivity index (χ4v) is 4.19. The average Bonchev–Trinajstić information content (AvgIpc) is 2.93. The molecule has 1 heterocycles. The number of para-hydroxylation sites is 2. The SMILES string of the molecule is O=c1cc(-c2ccccc2O)oc2c(OCc3ccc(OCCCCc4ccccc4)cc3)cccc12. The molecule has 0 saturated carbocycles. The van der Waals surface area contributed by atoms with Gasteiger partial charge in [0.05, 0.1) is 17.6 Å². The lowest BCUT2D eigenvalue weighted by molar-refractivity contribution is 0.301. The van der Waals surface area contributed by atoms with Gasteiger partial charge < -0.3 is 19.0 Å². The summed E-state index contributed by atoms with van der Waals surface area (Å²) >= 11 is 0. The number of fused-ring (bicyclic) bond motifs is 1. The number of unbranched alkanes of at least 4 members (excludes halogenated alkanes) is 1. The predicted octanol–water partition coefficient (Wildman–Crippen LogP) is 7.15. The van der Waals surface area contributed by atoms with Crippen molar-refractivity contribution in [1.82, 2.24) is 0 Å². The Kier molecular flexibility index (Phi) is 7.51. The second-order valence-corrected chi connectivity index (χ2v) is 8.85. The summed E-state index contributed by atoms with van der Waals surface area (Å²) in [6, 6.07) is 31.7. The van der Waals surface area contributed by atoms with Crippen molar-refractivity contribution in [3.63, 3.8) is 0 Å². The van der Waals surface area contributed by atoms with Gasteiger partial charge in [-0.3, -0.25) is 4.79 Å². The quantitative estimate of drug-likeness (QED) is 0.210. The molecule has 0 radical (unpaired) electrons. The third kappa shape index (κ3) is 6.01. The molecule has 0 bridgehead atoms. The standard InChI is InChI=1S/C32H28O5/c33-28-14-5-4-12-26(28)31-21-29(34)27-13-8-15-30(32(27)37-31)36-22-24-16-18-25(19-17-24)35-20-7-6-11-23-9-2-1-3-10-23/h1-5,8-10,12-19,21,33H,6-7,11,20,22H2. The molecule has 4 aromatic carbocycles. The second-order valence-electron chi connectivity index (χ2n) is 8.85. The first-order valence-corrected chi connectivity index (χ1v) is 12.4. The Morgan fingerprint density at radius 3 is 2.32 bits per heavy atom. The van der Waals surface area contributed by atoms with Crippen LogP contribution in [0.5, 0.6) is 17.2 Å². The van der Waals surface area contributed by atoms with Crippen LogP contribution in [0.4, 0.5) is 0 Å². The summed E-state index contributed by atoms with van der Waals surface area (Å²) in [5.74, 6) is 1.62. The van der Waals surface area contributed by atoms with Crippen LogP contribution in [0.3, 0.4) is 0 Å². The van der Waals surface area contributed by atoms with Crippen LogP contribution in [0.25, 0.3) is 22.3 Å². The van der Waals surface area contributed by atoms with Crippen molar-refractivity contribution < 1.29 is 19.0 Å². The van der Waals surface area contributed by atoms with E-state index in [0.29, 0.717) is 35.5 Å². The minimum absolute atomic E-state index is 0.0434. The summed E-state index contributed by atoms with van der Waals surface area (Å²) in [7, 11) is 0. The van der Waals surface area contributed by atoms with E-state index in [2.05, 4.69) is 24.3 Å². The van der Waals surface area contributed by atoms with Crippen molar-refractivity contribution >= 4 is 11.0 Å². The molecule has 5 nitrogen and oxygen atoms in total. The number of aryl methyl sites for hydroxylation is 1. The van der Waals surface area contributed by atoms with Crippen LogP contribution < -0.4 is 14.9 Å². The van der Waals surface area contributed by atoms with Crippen LogP contribution in [0.2, 0.25) is 0 Å². The summed E-state index contributed by atoms with van der Waals surface area (Å²) in [5.41, 5.74) is 2.92. The Morgan fingerprint density at radius 1 is 0.730 bits per heavy atom. The third-order valence-corrected chi connectivity index (χ3v) is 6.18. The molecule has 0 fully saturated rings. The monoisotopic (exact) mass is 492 g/mol. The van der Waals surface area contributed by atoms with Crippen LogP contribution in [-0.2, 0) is 13.0 Å². The molecule has 0 aliphatic heterocycles. The maximum absolute atomic E-state index is 12.7. The van der Waals surface area contributed by atoms with Gasteiger partial charge >= 0.3 is 0 Å². The Labute approximate surface area is 215 Å². The van der Waals surface area contributed by atoms with Gasteiger partial charge in [0.2, 0.25) is 0 Å². The molecule has 0 amide bonds. The van der Waals surface area contributed by atoms with Crippen molar-refractivity contribution in [3.05, 3.63) is 124 Å². The maximum atomic E-state index is 12.7. The lowest BCUT2D eigenvalue weighted by Gasteiger charge is -2.11. The van der Waals surface area contributed by atoms with Crippen LogP contribution in [-0.4, -0.2) is 11.7 Å². The normalized spacial score (nSPS) is 10.9. The second kappa shape index (κ2) is 11.5. The summed E-state index contributed by atoms with van der Waals surface area (Å²) in [4.78, 5) is 12.7. The highest BCUT2D eigenvalue weighted by molar-refractivity contribution is 5.84. The molecule has 0 aliphatic carbocycles. The van der Waals surface area contributed by atoms with Gasteiger partial charge in [-0.25, -0.2) is 0 Å². The number of benzene rings is 4. The fraction of sp³-hybridized carbons (Fsp3) is 0.156. The van der Waals surface area contributed by atoms with Crippen molar-refractivity contribution in [1.29, 1.82) is 0 Å². The lowest BCUT2D eigenvalue weighted by Crippen LogP contribution is -2.03. The largest absolute Gasteiger partial charge is 0.507 e. The van der Waals surface area contributed by atoms with E-state index in [1.165, 1.54) is 11.6 Å². The fourth-order valence-electron chi connectivity index (χ4n) is 4.19. The van der Waals surface area contributed by atoms with E-state index in [-0.39, 0.29) is 16.9 Å². The Bertz CT molecular complexity index is 1520. The number of ether oxygens (including phenoxy) is 2. The van der Waals surface area contributed by atoms with E-state index in [0.717, 1.165) is 30.6 Å². The summed E-state index contributed by atoms with van der Waals surface area (Å²) in [5, 5.41) is 10.6. The van der Waals surface area contributed by atoms with Gasteiger partial charge in [0.15, 0.2) is 16.8 Å². The number of phenolic OH excluding ortho intramolecular Hbond substituents is 1. The summed E-state index contributed by atoms with van der Waals surface area (Å²) in [6.07, 6.45) is 3.14. The van der Waals surface area contributed by atoms with E-state index < -0.39 is 0 Å². The van der Waals surface area contributed by atoms with Crippen LogP contribution in [0.15, 0.2) is 112 Å². The molecule has 5 aromatic rings. The van der Waals surface area contributed by atoms with E-state index >= 15 is 0 Å². The molecule has 37 heavy (non-hydrogen) atoms. The molecule has 1 N–H and O–H groups in total. The van der Waals surface area contributed by atoms with Crippen molar-refractivity contribution in [2.75, 3.05) is 6.61 Å². The number of rotatable bonds is 10. The lowest BCUT2D eigenvalue weighted by atomic mass is 10.1. The van der Waals surface area contributed by atoms with E-state index in [9.17, 15) is 9.90 Å². The Morgan fingerprint density at radius 2 is 1.51 bits per heavy atom. The van der Waals surface area contributed by atoms with Crippen molar-refractivity contribution in [2.24, 2.45) is 0 Å². The molecule has 0 aliphatic rings. The van der Waals surface area contributed by atoms with E-state index in [1.54, 1.807) is 42.5 Å². The zero-order chi connectivity index (χ0) is 25.5. The molecule has 0 saturated heterocycles. The highest BCUT2D eigenvalue weighted by atomic mass is 16.5. The van der Waals surface area contributed by atoms with Gasteiger partial charge in [-0.2, -0.15) is 0 Å². The van der Waals surface area contributed by atoms with Gasteiger partial charge in [0.1, 0.15) is 23.9 Å². The molecule has 0 spiro atoms. The summed E-state index contributed by atoms with van der Waals surface area (Å²) in [6.45, 7) is 0.984. The number of hydrogen-bond donors (Lipinski definition) is 1. The first-order valence-electron chi connectivity index (χ1n) is 12.4. The van der Waals surface area contributed by atoms with Gasteiger partial charge in [0.25, 0.3) is 0 Å². The number of hydrogen-bond acceptors (Lipinski definition) is 5. The van der Waals surface area contributed by atoms with Crippen LogP contribution >= 0.6 is 0 Å². The average molecular weight is 493 g/mol. The molecule has 186 valence electrons. The van der Waals surface area contributed by atoms with Gasteiger partial charge in [-0.1, -0.05) is 60.7 Å². The number of aromatic hydroxyl groups is 1. The zero-order valence-electron chi connectivity index (χ0n) is 20.4. The van der Waals surface area contributed by atoms with Gasteiger partial charge in [-0.05, 0) is 66.8 Å². The molecule has 1 aromatic heterocycles. The predicted molar refractivity (Wildman–Crippen MR) is 145 cm³/mol. The van der Waals surface area contributed by atoms with Crippen LogP contribution in [0, 0.1) is 0 Å². The van der Waals surface area contributed by atoms with Gasteiger partial charge in [-0.15, -0.1) is 0 Å². The van der Waals surface area contributed by atoms with Crippen molar-refractivity contribution in [3.8, 4) is 28.6 Å². The van der Waals surface area contributed by atoms with E-state index in [4.69, 9.17) is 13.9 Å². The zero-order valence-corrected chi connectivity index (χ0v) is 20.4. The topological polar surface area (TPSA) is 68.9 Å². The van der Waals surface area contributed by atoms with Gasteiger partial charge in [0, 0.05) is 6.07 Å². The Hall–Kier alpha value is -4.51. The first-order chi connectivity index (χ1) is 18.2.